The van der Waals surface area contributed by atoms with Crippen molar-refractivity contribution in [1.29, 1.82) is 0 Å². The van der Waals surface area contributed by atoms with E-state index in [4.69, 9.17) is 18.9 Å². The number of hydrogen-bond acceptors (Lipinski definition) is 6. The summed E-state index contributed by atoms with van der Waals surface area (Å²) in [4.78, 5) is 25.8. The van der Waals surface area contributed by atoms with Gasteiger partial charge in [0, 0.05) is 21.5 Å². The third kappa shape index (κ3) is 7.08. The standard InChI is InChI=1S/C45H40O6/c1-4-45(2,3)36-21-22-39-40(29-36)42(49-24-26-51-44(47)35-20-18-31-12-6-8-14-33(31)28-35)38-16-10-9-15-37(38)41(39)48-23-25-50-43(46)34-19-17-30-11-5-7-13-32(30)27-34/h5-22,27-29H,4,23-26H2,1-3H3. The second kappa shape index (κ2) is 14.5. The Morgan fingerprint density at radius 2 is 0.941 bits per heavy atom. The maximum absolute atomic E-state index is 12.9. The summed E-state index contributed by atoms with van der Waals surface area (Å²) in [7, 11) is 0. The largest absolute Gasteiger partial charge is 0.489 e. The van der Waals surface area contributed by atoms with Crippen molar-refractivity contribution in [3.05, 3.63) is 144 Å². The van der Waals surface area contributed by atoms with Crippen molar-refractivity contribution in [3.63, 3.8) is 0 Å². The van der Waals surface area contributed by atoms with E-state index in [-0.39, 0.29) is 31.8 Å². The Kier molecular flexibility index (Phi) is 9.58. The maximum atomic E-state index is 12.9. The summed E-state index contributed by atoms with van der Waals surface area (Å²) in [6.07, 6.45) is 0.957. The predicted octanol–water partition coefficient (Wildman–Crippen LogP) is 10.5. The van der Waals surface area contributed by atoms with Crippen LogP contribution in [0.5, 0.6) is 11.5 Å². The topological polar surface area (TPSA) is 71.1 Å². The second-order valence-corrected chi connectivity index (χ2v) is 13.3. The van der Waals surface area contributed by atoms with Gasteiger partial charge in [-0.05, 0) is 69.3 Å². The lowest BCUT2D eigenvalue weighted by Crippen LogP contribution is -2.16. The fraction of sp³-hybridized carbons (Fsp3) is 0.200. The average Bonchev–Trinajstić information content (AvgIpc) is 3.17. The van der Waals surface area contributed by atoms with Crippen molar-refractivity contribution in [2.75, 3.05) is 26.4 Å². The van der Waals surface area contributed by atoms with E-state index in [0.717, 1.165) is 49.5 Å². The molecule has 7 aromatic carbocycles. The summed E-state index contributed by atoms with van der Waals surface area (Å²) in [5, 5.41) is 7.63. The third-order valence-corrected chi connectivity index (χ3v) is 9.69. The molecule has 0 heterocycles. The van der Waals surface area contributed by atoms with Crippen molar-refractivity contribution >= 4 is 55.0 Å². The highest BCUT2D eigenvalue weighted by Crippen LogP contribution is 2.44. The molecule has 0 unspecified atom stereocenters. The first-order valence-electron chi connectivity index (χ1n) is 17.4. The highest BCUT2D eigenvalue weighted by molar-refractivity contribution is 6.11. The zero-order valence-corrected chi connectivity index (χ0v) is 29.1. The van der Waals surface area contributed by atoms with Gasteiger partial charge in [0.25, 0.3) is 0 Å². The van der Waals surface area contributed by atoms with E-state index in [2.05, 4.69) is 39.0 Å². The van der Waals surface area contributed by atoms with E-state index < -0.39 is 11.9 Å². The first kappa shape index (κ1) is 33.6. The van der Waals surface area contributed by atoms with Gasteiger partial charge in [-0.25, -0.2) is 9.59 Å². The summed E-state index contributed by atoms with van der Waals surface area (Å²) >= 11 is 0. The van der Waals surface area contributed by atoms with E-state index in [0.29, 0.717) is 22.6 Å². The fourth-order valence-electron chi connectivity index (χ4n) is 6.39. The first-order chi connectivity index (χ1) is 24.8. The van der Waals surface area contributed by atoms with Gasteiger partial charge in [0.1, 0.15) is 37.9 Å². The van der Waals surface area contributed by atoms with Crippen molar-refractivity contribution in [2.45, 2.75) is 32.6 Å². The van der Waals surface area contributed by atoms with Crippen LogP contribution in [0.4, 0.5) is 0 Å². The van der Waals surface area contributed by atoms with Crippen LogP contribution in [0, 0.1) is 0 Å². The van der Waals surface area contributed by atoms with Crippen LogP contribution in [0.15, 0.2) is 127 Å². The van der Waals surface area contributed by atoms with Crippen molar-refractivity contribution in [3.8, 4) is 11.5 Å². The molecule has 6 nitrogen and oxygen atoms in total. The van der Waals surface area contributed by atoms with E-state index in [1.165, 1.54) is 5.56 Å². The zero-order valence-electron chi connectivity index (χ0n) is 29.1. The molecule has 0 aliphatic carbocycles. The minimum Gasteiger partial charge on any atom is -0.489 e. The summed E-state index contributed by atoms with van der Waals surface area (Å²) in [5.74, 6) is 0.608. The smallest absolute Gasteiger partial charge is 0.338 e. The van der Waals surface area contributed by atoms with Gasteiger partial charge in [-0.15, -0.1) is 0 Å². The number of carbonyl (C=O) groups is 2. The molecule has 0 aliphatic rings. The molecule has 6 heteroatoms. The number of hydrogen-bond donors (Lipinski definition) is 0. The van der Waals surface area contributed by atoms with Crippen molar-refractivity contribution in [1.82, 2.24) is 0 Å². The van der Waals surface area contributed by atoms with Gasteiger partial charge in [0.2, 0.25) is 0 Å². The molecule has 7 aromatic rings. The number of benzene rings is 7. The van der Waals surface area contributed by atoms with E-state index in [9.17, 15) is 9.59 Å². The molecule has 0 aliphatic heterocycles. The molecule has 0 N–H and O–H groups in total. The molecule has 256 valence electrons. The second-order valence-electron chi connectivity index (χ2n) is 13.3. The molecule has 0 bridgehead atoms. The molecule has 51 heavy (non-hydrogen) atoms. The fourth-order valence-corrected chi connectivity index (χ4v) is 6.39. The summed E-state index contributed by atoms with van der Waals surface area (Å²) < 4.78 is 24.2. The highest BCUT2D eigenvalue weighted by atomic mass is 16.6. The Bertz CT molecular complexity index is 2390. The summed E-state index contributed by atoms with van der Waals surface area (Å²) in [5.41, 5.74) is 2.11. The Labute approximate surface area is 297 Å². The van der Waals surface area contributed by atoms with Gasteiger partial charge in [-0.3, -0.25) is 0 Å². The van der Waals surface area contributed by atoms with Crippen LogP contribution in [-0.4, -0.2) is 38.4 Å². The monoisotopic (exact) mass is 676 g/mol. The van der Waals surface area contributed by atoms with Gasteiger partial charge < -0.3 is 18.9 Å². The van der Waals surface area contributed by atoms with Crippen molar-refractivity contribution in [2.24, 2.45) is 0 Å². The summed E-state index contributed by atoms with van der Waals surface area (Å²) in [6, 6.07) is 41.3. The van der Waals surface area contributed by atoms with Crippen LogP contribution in [0.1, 0.15) is 53.5 Å². The maximum Gasteiger partial charge on any atom is 0.338 e. The quantitative estimate of drug-likeness (QED) is 0.0729. The molecule has 0 atom stereocenters. The highest BCUT2D eigenvalue weighted by Gasteiger charge is 2.22. The normalized spacial score (nSPS) is 11.6. The van der Waals surface area contributed by atoms with Gasteiger partial charge in [-0.1, -0.05) is 118 Å². The van der Waals surface area contributed by atoms with Gasteiger partial charge in [0.15, 0.2) is 0 Å². The number of rotatable bonds is 12. The van der Waals surface area contributed by atoms with E-state index in [1.54, 1.807) is 12.1 Å². The molecule has 0 spiro atoms. The van der Waals surface area contributed by atoms with Crippen LogP contribution in [0.25, 0.3) is 43.1 Å². The number of fused-ring (bicyclic) bond motifs is 4. The van der Waals surface area contributed by atoms with Crippen LogP contribution < -0.4 is 9.47 Å². The zero-order chi connectivity index (χ0) is 35.4. The lowest BCUT2D eigenvalue weighted by atomic mass is 9.81. The van der Waals surface area contributed by atoms with Gasteiger partial charge in [-0.2, -0.15) is 0 Å². The Morgan fingerprint density at radius 1 is 0.490 bits per heavy atom. The van der Waals surface area contributed by atoms with E-state index >= 15 is 0 Å². The number of ether oxygens (including phenoxy) is 4. The van der Waals surface area contributed by atoms with Crippen LogP contribution in [0.2, 0.25) is 0 Å². The van der Waals surface area contributed by atoms with Gasteiger partial charge >= 0.3 is 11.9 Å². The lowest BCUT2D eigenvalue weighted by molar-refractivity contribution is 0.0443. The molecule has 0 radical (unpaired) electrons. The molecule has 0 amide bonds. The first-order valence-corrected chi connectivity index (χ1v) is 17.4. The molecule has 0 saturated heterocycles. The average molecular weight is 677 g/mol. The SMILES string of the molecule is CCC(C)(C)c1ccc2c(OCCOC(=O)c3ccc4ccccc4c3)c3ccccc3c(OCCOC(=O)c3ccc4ccccc4c3)c2c1. The molecule has 0 aromatic heterocycles. The van der Waals surface area contributed by atoms with Crippen LogP contribution >= 0.6 is 0 Å². The number of esters is 2. The van der Waals surface area contributed by atoms with Crippen LogP contribution in [0.3, 0.4) is 0 Å². The third-order valence-electron chi connectivity index (χ3n) is 9.69. The minimum atomic E-state index is -0.393. The predicted molar refractivity (Wildman–Crippen MR) is 204 cm³/mol. The van der Waals surface area contributed by atoms with E-state index in [1.807, 2.05) is 97.1 Å². The van der Waals surface area contributed by atoms with Gasteiger partial charge in [0.05, 0.1) is 11.1 Å². The molecule has 0 saturated carbocycles. The van der Waals surface area contributed by atoms with Crippen LogP contribution in [-0.2, 0) is 14.9 Å². The molecular formula is C45H40O6. The Hall–Kier alpha value is -5.88. The minimum absolute atomic E-state index is 0.0650. The molecule has 7 rings (SSSR count). The Morgan fingerprint density at radius 3 is 1.45 bits per heavy atom. The van der Waals surface area contributed by atoms with Crippen molar-refractivity contribution < 1.29 is 28.5 Å². The molecular weight excluding hydrogens is 636 g/mol. The Balaban J connectivity index is 1.11. The molecule has 0 fully saturated rings. The lowest BCUT2D eigenvalue weighted by Gasteiger charge is -2.25. The number of carbonyl (C=O) groups excluding carboxylic acids is 2. The summed E-state index contributed by atoms with van der Waals surface area (Å²) in [6.45, 7) is 7.15.